The number of alkyl halides is 3. The normalized spacial score (nSPS) is 17.0. The van der Waals surface area contributed by atoms with Crippen LogP contribution in [0.5, 0.6) is 5.75 Å². The second-order valence-electron chi connectivity index (χ2n) is 11.4. The Bertz CT molecular complexity index is 1120. The minimum atomic E-state index is -5.24. The Balaban J connectivity index is 1.40. The van der Waals surface area contributed by atoms with E-state index in [2.05, 4.69) is 29.2 Å². The predicted molar refractivity (Wildman–Crippen MR) is 155 cm³/mol. The molecule has 42 heavy (non-hydrogen) atoms. The van der Waals surface area contributed by atoms with E-state index in [1.54, 1.807) is 4.90 Å². The number of methoxy groups -OCH3 is 1. The second kappa shape index (κ2) is 15.3. The van der Waals surface area contributed by atoms with Crippen LogP contribution in [-0.4, -0.2) is 67.8 Å². The van der Waals surface area contributed by atoms with Crippen molar-refractivity contribution in [2.45, 2.75) is 64.0 Å². The summed E-state index contributed by atoms with van der Waals surface area (Å²) < 4.78 is 44.7. The Morgan fingerprint density at radius 3 is 2.19 bits per heavy atom. The molecule has 0 aromatic heterocycles. The lowest BCUT2D eigenvalue weighted by atomic mass is 9.89. The van der Waals surface area contributed by atoms with Crippen molar-refractivity contribution < 1.29 is 32.3 Å². The maximum Gasteiger partial charge on any atom is 0.493 e. The molecule has 1 aliphatic carbocycles. The van der Waals surface area contributed by atoms with Crippen molar-refractivity contribution in [1.82, 2.24) is 9.80 Å². The molecule has 10 heteroatoms. The molecule has 2 amide bonds. The lowest BCUT2D eigenvalue weighted by Crippen LogP contribution is -2.48. The number of rotatable bonds is 10. The Morgan fingerprint density at radius 1 is 0.905 bits per heavy atom. The Morgan fingerprint density at radius 2 is 1.57 bits per heavy atom. The van der Waals surface area contributed by atoms with Gasteiger partial charge in [-0.2, -0.15) is 13.2 Å². The van der Waals surface area contributed by atoms with Gasteiger partial charge in [-0.15, -0.1) is 5.06 Å². The summed E-state index contributed by atoms with van der Waals surface area (Å²) in [6, 6.07) is 15.6. The van der Waals surface area contributed by atoms with Crippen molar-refractivity contribution >= 4 is 17.7 Å². The Hall–Kier alpha value is -3.27. The van der Waals surface area contributed by atoms with E-state index in [9.17, 15) is 22.8 Å². The van der Waals surface area contributed by atoms with E-state index in [-0.39, 0.29) is 11.6 Å². The molecule has 1 aliphatic heterocycles. The fourth-order valence-electron chi connectivity index (χ4n) is 5.98. The number of carbonyl (C=O) groups is 2. The molecule has 0 radical (unpaired) electrons. The van der Waals surface area contributed by atoms with Crippen LogP contribution in [0.25, 0.3) is 0 Å². The van der Waals surface area contributed by atoms with Crippen LogP contribution in [0.2, 0.25) is 0 Å². The van der Waals surface area contributed by atoms with Gasteiger partial charge in [-0.05, 0) is 99.8 Å². The zero-order valence-electron chi connectivity index (χ0n) is 24.4. The number of hydrogen-bond acceptors (Lipinski definition) is 5. The van der Waals surface area contributed by atoms with Crippen LogP contribution in [-0.2, 0) is 16.1 Å². The minimum absolute atomic E-state index is 0.0209. The fraction of sp³-hybridized carbons (Fsp3) is 0.562. The van der Waals surface area contributed by atoms with E-state index in [4.69, 9.17) is 9.57 Å². The van der Waals surface area contributed by atoms with Gasteiger partial charge in [0.2, 0.25) is 0 Å². The number of likely N-dealkylation sites (tertiary alicyclic amines) is 1. The van der Waals surface area contributed by atoms with Crippen LogP contribution in [0.3, 0.4) is 0 Å². The Kier molecular flexibility index (Phi) is 11.5. The van der Waals surface area contributed by atoms with Gasteiger partial charge in [0.15, 0.2) is 0 Å². The molecule has 0 spiro atoms. The topological polar surface area (TPSA) is 62.3 Å². The Labute approximate surface area is 246 Å². The molecule has 1 saturated heterocycles. The first-order valence-electron chi connectivity index (χ1n) is 15.0. The van der Waals surface area contributed by atoms with E-state index >= 15 is 0 Å². The van der Waals surface area contributed by atoms with Gasteiger partial charge < -0.3 is 19.4 Å². The summed E-state index contributed by atoms with van der Waals surface area (Å²) in [7, 11) is 1.46. The molecule has 2 aromatic carbocycles. The van der Waals surface area contributed by atoms with Crippen molar-refractivity contribution in [3.8, 4) is 5.75 Å². The number of piperidine rings is 1. The average Bonchev–Trinajstić information content (AvgIpc) is 3.00. The highest BCUT2D eigenvalue weighted by molar-refractivity contribution is 5.93. The number of urea groups is 1. The predicted octanol–water partition coefficient (Wildman–Crippen LogP) is 6.87. The monoisotopic (exact) mass is 589 g/mol. The van der Waals surface area contributed by atoms with Gasteiger partial charge in [-0.25, -0.2) is 9.59 Å². The van der Waals surface area contributed by atoms with Crippen molar-refractivity contribution in [3.63, 3.8) is 0 Å². The van der Waals surface area contributed by atoms with Gasteiger partial charge in [0.25, 0.3) is 0 Å². The number of hydrogen-bond donors (Lipinski definition) is 0. The molecule has 4 rings (SSSR count). The van der Waals surface area contributed by atoms with Crippen molar-refractivity contribution in [3.05, 3.63) is 60.2 Å². The number of nitrogens with zero attached hydrogens (tertiary/aromatic N) is 3. The van der Waals surface area contributed by atoms with Crippen molar-refractivity contribution in [2.24, 2.45) is 11.8 Å². The summed E-state index contributed by atoms with van der Waals surface area (Å²) in [6.07, 6.45) is 3.93. The van der Waals surface area contributed by atoms with Gasteiger partial charge in [-0.3, -0.25) is 0 Å². The summed E-state index contributed by atoms with van der Waals surface area (Å²) in [6.45, 7) is 3.52. The number of carbonyl (C=O) groups excluding carboxylic acids is 2. The first-order valence-corrected chi connectivity index (χ1v) is 15.0. The van der Waals surface area contributed by atoms with Gasteiger partial charge in [0, 0.05) is 13.1 Å². The molecular weight excluding hydrogens is 547 g/mol. The zero-order valence-corrected chi connectivity index (χ0v) is 24.4. The third-order valence-electron chi connectivity index (χ3n) is 8.34. The summed E-state index contributed by atoms with van der Waals surface area (Å²) in [5, 5.41) is 0.479. The van der Waals surface area contributed by atoms with Gasteiger partial charge in [0.1, 0.15) is 5.75 Å². The molecule has 7 nitrogen and oxygen atoms in total. The highest BCUT2D eigenvalue weighted by atomic mass is 19.4. The summed E-state index contributed by atoms with van der Waals surface area (Å²) in [5.74, 6) is -1.08. The maximum absolute atomic E-state index is 13.8. The van der Waals surface area contributed by atoms with Crippen LogP contribution < -0.4 is 9.80 Å². The van der Waals surface area contributed by atoms with E-state index in [0.29, 0.717) is 36.2 Å². The molecule has 0 atom stereocenters. The van der Waals surface area contributed by atoms with E-state index in [1.807, 2.05) is 6.07 Å². The molecule has 0 bridgehead atoms. The number of amides is 2. The standard InChI is InChI=1S/C32H42F3N3O4/c1-41-29-15-13-28(14-16-29)38(42-30(39)32(33,34)35)31(40)37(24-27-11-6-3-7-12-27)20-8-19-36-21-17-26(18-22-36)23-25-9-4-2-5-10-25/h2,4-5,9-10,13-16,26-27H,3,6-8,11-12,17-24H2,1H3. The van der Waals surface area contributed by atoms with Crippen LogP contribution in [0, 0.1) is 11.8 Å². The quantitative estimate of drug-likeness (QED) is 0.283. The largest absolute Gasteiger partial charge is 0.497 e. The number of anilines is 1. The molecule has 230 valence electrons. The number of ether oxygens (including phenoxy) is 1. The van der Waals surface area contributed by atoms with Crippen LogP contribution in [0.1, 0.15) is 56.9 Å². The SMILES string of the molecule is COc1ccc(N(OC(=O)C(F)(F)F)C(=O)N(CCCN2CCC(Cc3ccccc3)CC2)CC2CCCCC2)cc1. The summed E-state index contributed by atoms with van der Waals surface area (Å²) in [4.78, 5) is 34.3. The van der Waals surface area contributed by atoms with Gasteiger partial charge in [0.05, 0.1) is 12.8 Å². The van der Waals surface area contributed by atoms with E-state index < -0.39 is 18.2 Å². The fourth-order valence-corrected chi connectivity index (χ4v) is 5.98. The molecule has 2 fully saturated rings. The first kappa shape index (κ1) is 31.7. The van der Waals surface area contributed by atoms with E-state index in [1.165, 1.54) is 36.9 Å². The lowest BCUT2D eigenvalue weighted by molar-refractivity contribution is -0.200. The van der Waals surface area contributed by atoms with E-state index in [0.717, 1.165) is 71.0 Å². The number of halogens is 3. The minimum Gasteiger partial charge on any atom is -0.497 e. The molecule has 1 heterocycles. The zero-order chi connectivity index (χ0) is 30.0. The molecule has 1 saturated carbocycles. The molecule has 0 unspecified atom stereocenters. The molecular formula is C32H42F3N3O4. The van der Waals surface area contributed by atoms with Gasteiger partial charge in [-0.1, -0.05) is 49.6 Å². The molecule has 2 aliphatic rings. The van der Waals surface area contributed by atoms with Crippen molar-refractivity contribution in [1.29, 1.82) is 0 Å². The van der Waals surface area contributed by atoms with Crippen LogP contribution in [0.15, 0.2) is 54.6 Å². The van der Waals surface area contributed by atoms with Crippen molar-refractivity contribution in [2.75, 3.05) is 44.9 Å². The smallest absolute Gasteiger partial charge is 0.493 e. The number of benzene rings is 2. The third-order valence-corrected chi connectivity index (χ3v) is 8.34. The first-order chi connectivity index (χ1) is 20.2. The molecule has 2 aromatic rings. The summed E-state index contributed by atoms with van der Waals surface area (Å²) in [5.41, 5.74) is 1.38. The number of hydroxylamine groups is 1. The van der Waals surface area contributed by atoms with Gasteiger partial charge >= 0.3 is 18.2 Å². The lowest BCUT2D eigenvalue weighted by Gasteiger charge is -2.35. The van der Waals surface area contributed by atoms with Crippen LogP contribution in [0.4, 0.5) is 23.7 Å². The third kappa shape index (κ3) is 9.37. The highest BCUT2D eigenvalue weighted by Gasteiger charge is 2.44. The highest BCUT2D eigenvalue weighted by Crippen LogP contribution is 2.28. The average molecular weight is 590 g/mol. The maximum atomic E-state index is 13.8. The summed E-state index contributed by atoms with van der Waals surface area (Å²) >= 11 is 0. The van der Waals surface area contributed by atoms with Crippen LogP contribution >= 0.6 is 0 Å². The second-order valence-corrected chi connectivity index (χ2v) is 11.4. The molecule has 0 N–H and O–H groups in total.